The van der Waals surface area contributed by atoms with Gasteiger partial charge in [-0.1, -0.05) is 18.2 Å². The highest BCUT2D eigenvalue weighted by molar-refractivity contribution is 6.02. The fourth-order valence-electron chi connectivity index (χ4n) is 5.59. The maximum absolute atomic E-state index is 13.5. The molecule has 164 valence electrons. The van der Waals surface area contributed by atoms with Gasteiger partial charge in [0.1, 0.15) is 5.56 Å². The molecule has 4 rings (SSSR count). The Hall–Kier alpha value is -2.73. The number of rotatable bonds is 3. The van der Waals surface area contributed by atoms with E-state index in [1.54, 1.807) is 4.57 Å². The molecule has 1 aromatic carbocycles. The molecular weight excluding hydrogens is 390 g/mol. The third-order valence-corrected chi connectivity index (χ3v) is 6.34. The number of nitrogens with zero attached hydrogens (tertiary/aromatic N) is 1. The summed E-state index contributed by atoms with van der Waals surface area (Å²) in [4.78, 5) is 39.4. The van der Waals surface area contributed by atoms with E-state index in [1.165, 1.54) is 6.07 Å². The Balaban J connectivity index is 1.75. The van der Waals surface area contributed by atoms with Gasteiger partial charge in [0.15, 0.2) is 5.78 Å². The van der Waals surface area contributed by atoms with E-state index in [1.807, 2.05) is 30.3 Å². The molecule has 1 saturated heterocycles. The van der Waals surface area contributed by atoms with E-state index in [0.717, 1.165) is 12.8 Å². The van der Waals surface area contributed by atoms with E-state index in [4.69, 9.17) is 0 Å². The zero-order chi connectivity index (χ0) is 22.4. The van der Waals surface area contributed by atoms with Crippen molar-refractivity contribution in [1.29, 1.82) is 0 Å². The van der Waals surface area contributed by atoms with Crippen molar-refractivity contribution in [3.05, 3.63) is 63.6 Å². The van der Waals surface area contributed by atoms with Crippen LogP contribution in [0.5, 0.6) is 0 Å². The molecule has 0 atom stereocenters. The number of nitrogens with one attached hydrogen (secondary N) is 1. The molecule has 1 aromatic heterocycles. The predicted octanol–water partition coefficient (Wildman–Crippen LogP) is 2.37. The molecular formula is C25H32N3O3+. The van der Waals surface area contributed by atoms with Crippen LogP contribution in [0.15, 0.2) is 41.2 Å². The van der Waals surface area contributed by atoms with Crippen molar-refractivity contribution in [1.82, 2.24) is 9.88 Å². The molecule has 0 saturated carbocycles. The number of quaternary nitrogens is 1. The average molecular weight is 423 g/mol. The van der Waals surface area contributed by atoms with Gasteiger partial charge in [-0.25, -0.2) is 0 Å². The maximum Gasteiger partial charge on any atom is 0.268 e. The van der Waals surface area contributed by atoms with E-state index in [9.17, 15) is 14.4 Å². The van der Waals surface area contributed by atoms with Crippen LogP contribution in [-0.4, -0.2) is 33.4 Å². The summed E-state index contributed by atoms with van der Waals surface area (Å²) in [5, 5.41) is 5.45. The summed E-state index contributed by atoms with van der Waals surface area (Å²) in [6.07, 6.45) is 3.44. The lowest BCUT2D eigenvalue weighted by molar-refractivity contribution is -0.787. The van der Waals surface area contributed by atoms with Gasteiger partial charge >= 0.3 is 0 Å². The minimum absolute atomic E-state index is 0.00421. The fraction of sp³-hybridized carbons (Fsp3) is 0.480. The van der Waals surface area contributed by atoms with Gasteiger partial charge in [-0.3, -0.25) is 19.0 Å². The highest BCUT2D eigenvalue weighted by Gasteiger charge is 2.42. The molecule has 1 aliphatic heterocycles. The third kappa shape index (κ3) is 4.35. The number of nitrogens with two attached hydrogens (primary N) is 1. The van der Waals surface area contributed by atoms with Crippen molar-refractivity contribution in [2.75, 3.05) is 0 Å². The molecule has 0 unspecified atom stereocenters. The van der Waals surface area contributed by atoms with Crippen LogP contribution in [0.1, 0.15) is 79.8 Å². The van der Waals surface area contributed by atoms with Crippen LogP contribution in [0.4, 0.5) is 0 Å². The molecule has 31 heavy (non-hydrogen) atoms. The van der Waals surface area contributed by atoms with E-state index in [-0.39, 0.29) is 34.0 Å². The largest absolute Gasteiger partial charge is 0.349 e. The van der Waals surface area contributed by atoms with Crippen molar-refractivity contribution in [3.63, 3.8) is 0 Å². The second-order valence-corrected chi connectivity index (χ2v) is 10.4. The Morgan fingerprint density at radius 2 is 1.68 bits per heavy atom. The van der Waals surface area contributed by atoms with Gasteiger partial charge < -0.3 is 10.6 Å². The van der Waals surface area contributed by atoms with E-state index in [0.29, 0.717) is 36.2 Å². The van der Waals surface area contributed by atoms with Gasteiger partial charge in [-0.05, 0) is 58.7 Å². The highest BCUT2D eigenvalue weighted by atomic mass is 16.2. The number of hydrogen-bond acceptors (Lipinski definition) is 3. The van der Waals surface area contributed by atoms with Gasteiger partial charge in [0.25, 0.3) is 11.5 Å². The molecule has 2 heterocycles. The van der Waals surface area contributed by atoms with Gasteiger partial charge in [0.2, 0.25) is 0 Å². The standard InChI is InChI=1S/C25H31N3O3/c1-24(2)14-16(15-25(3,4)27-24)26-22(30)19-13-18-20(11-8-12-21(18)29)28(23(19)31)17-9-6-5-7-10-17/h5-7,9-10,13,16,27H,8,11-12,14-15H2,1-4H3,(H,26,30)/p+1. The lowest BCUT2D eigenvalue weighted by Crippen LogP contribution is -3.06. The third-order valence-electron chi connectivity index (χ3n) is 6.34. The van der Waals surface area contributed by atoms with Crippen LogP contribution in [-0.2, 0) is 6.42 Å². The van der Waals surface area contributed by atoms with E-state index >= 15 is 0 Å². The molecule has 0 bridgehead atoms. The molecule has 1 fully saturated rings. The minimum Gasteiger partial charge on any atom is -0.349 e. The summed E-state index contributed by atoms with van der Waals surface area (Å²) >= 11 is 0. The SMILES string of the molecule is CC1(C)CC(NC(=O)c2cc3c(n(-c4ccccc4)c2=O)CCCC3=O)CC(C)(C)[NH2+]1. The quantitative estimate of drug-likeness (QED) is 0.796. The number of carbonyl (C=O) groups is 2. The van der Waals surface area contributed by atoms with Crippen molar-refractivity contribution >= 4 is 11.7 Å². The molecule has 1 amide bonds. The number of hydrogen-bond donors (Lipinski definition) is 2. The van der Waals surface area contributed by atoms with E-state index in [2.05, 4.69) is 38.3 Å². The lowest BCUT2D eigenvalue weighted by atomic mass is 9.79. The molecule has 0 radical (unpaired) electrons. The van der Waals surface area contributed by atoms with Crippen molar-refractivity contribution < 1.29 is 14.9 Å². The second kappa shape index (κ2) is 7.75. The number of piperidine rings is 1. The molecule has 6 heteroatoms. The summed E-state index contributed by atoms with van der Waals surface area (Å²) in [5.41, 5.74) is 1.56. The number of fused-ring (bicyclic) bond motifs is 1. The number of aromatic nitrogens is 1. The normalized spacial score (nSPS) is 20.2. The predicted molar refractivity (Wildman–Crippen MR) is 120 cm³/mol. The zero-order valence-corrected chi connectivity index (χ0v) is 18.8. The van der Waals surface area contributed by atoms with Crippen LogP contribution in [0.3, 0.4) is 0 Å². The minimum atomic E-state index is -0.394. The van der Waals surface area contributed by atoms with Gasteiger partial charge in [0.05, 0.1) is 11.1 Å². The van der Waals surface area contributed by atoms with E-state index < -0.39 is 5.91 Å². The number of ketones is 1. The van der Waals surface area contributed by atoms with Crippen molar-refractivity contribution in [2.45, 2.75) is 76.9 Å². The Labute approximate surface area is 183 Å². The molecule has 3 N–H and O–H groups in total. The van der Waals surface area contributed by atoms with Crippen LogP contribution >= 0.6 is 0 Å². The second-order valence-electron chi connectivity index (χ2n) is 10.4. The first-order valence-electron chi connectivity index (χ1n) is 11.1. The van der Waals surface area contributed by atoms with Gasteiger partial charge in [-0.15, -0.1) is 0 Å². The highest BCUT2D eigenvalue weighted by Crippen LogP contribution is 2.25. The number of pyridine rings is 1. The lowest BCUT2D eigenvalue weighted by Gasteiger charge is -2.43. The summed E-state index contributed by atoms with van der Waals surface area (Å²) in [6.45, 7) is 8.69. The monoisotopic (exact) mass is 422 g/mol. The smallest absolute Gasteiger partial charge is 0.268 e. The van der Waals surface area contributed by atoms with Gasteiger partial charge in [0, 0.05) is 42.2 Å². The first-order chi connectivity index (χ1) is 14.6. The molecule has 6 nitrogen and oxygen atoms in total. The Bertz CT molecular complexity index is 1070. The van der Waals surface area contributed by atoms with Crippen molar-refractivity contribution in [2.24, 2.45) is 0 Å². The van der Waals surface area contributed by atoms with Crippen LogP contribution in [0.25, 0.3) is 5.69 Å². The first kappa shape index (κ1) is 21.5. The Kier molecular flexibility index (Phi) is 5.38. The number of amides is 1. The Morgan fingerprint density at radius 3 is 2.32 bits per heavy atom. The molecule has 1 aliphatic carbocycles. The maximum atomic E-state index is 13.5. The first-order valence-corrected chi connectivity index (χ1v) is 11.1. The van der Waals surface area contributed by atoms with Crippen LogP contribution in [0.2, 0.25) is 0 Å². The summed E-state index contributed by atoms with van der Waals surface area (Å²) in [7, 11) is 0. The number of benzene rings is 1. The summed E-state index contributed by atoms with van der Waals surface area (Å²) in [5.74, 6) is -0.399. The van der Waals surface area contributed by atoms with Crippen molar-refractivity contribution in [3.8, 4) is 5.69 Å². The van der Waals surface area contributed by atoms with Gasteiger partial charge in [-0.2, -0.15) is 0 Å². The fourth-order valence-corrected chi connectivity index (χ4v) is 5.59. The average Bonchev–Trinajstić information content (AvgIpc) is 2.66. The summed E-state index contributed by atoms with van der Waals surface area (Å²) in [6, 6.07) is 10.8. The van der Waals surface area contributed by atoms with Crippen LogP contribution in [0, 0.1) is 0 Å². The number of Topliss-reactive ketones (excluding diaryl/α,β-unsaturated/α-hetero) is 1. The summed E-state index contributed by atoms with van der Waals surface area (Å²) < 4.78 is 1.56. The molecule has 0 spiro atoms. The molecule has 2 aromatic rings. The Morgan fingerprint density at radius 1 is 1.03 bits per heavy atom. The zero-order valence-electron chi connectivity index (χ0n) is 18.8. The molecule has 2 aliphatic rings. The topological polar surface area (TPSA) is 84.8 Å². The van der Waals surface area contributed by atoms with Crippen LogP contribution < -0.4 is 16.2 Å². The number of carbonyl (C=O) groups excluding carboxylic acids is 2. The number of para-hydroxylation sites is 1.